The molecule has 0 unspecified atom stereocenters. The Morgan fingerprint density at radius 3 is 2.58 bits per heavy atom. The van der Waals surface area contributed by atoms with Crippen LogP contribution in [0.25, 0.3) is 0 Å². The van der Waals surface area contributed by atoms with E-state index in [1.807, 2.05) is 47.8 Å². The number of piperazine rings is 1. The Balaban J connectivity index is 1.36. The molecule has 3 aromatic rings. The number of rotatable bonds is 6. The van der Waals surface area contributed by atoms with Crippen molar-refractivity contribution in [2.24, 2.45) is 0 Å². The lowest BCUT2D eigenvalue weighted by molar-refractivity contribution is 0.0785. The van der Waals surface area contributed by atoms with E-state index in [-0.39, 0.29) is 11.9 Å². The second-order valence-corrected chi connectivity index (χ2v) is 8.64. The Morgan fingerprint density at radius 2 is 1.85 bits per heavy atom. The number of nitrogens with one attached hydrogen (secondary N) is 1. The normalized spacial score (nSPS) is 13.5. The van der Waals surface area contributed by atoms with Gasteiger partial charge in [-0.25, -0.2) is 9.78 Å². The van der Waals surface area contributed by atoms with Crippen LogP contribution in [0.4, 0.5) is 15.6 Å². The average molecular weight is 466 g/mol. The van der Waals surface area contributed by atoms with Gasteiger partial charge in [-0.3, -0.25) is 10.1 Å². The molecule has 0 spiro atoms. The summed E-state index contributed by atoms with van der Waals surface area (Å²) in [5.74, 6) is 1.50. The summed E-state index contributed by atoms with van der Waals surface area (Å²) in [6.07, 6.45) is 1.77. The quantitative estimate of drug-likeness (QED) is 0.600. The number of hydrogen-bond acceptors (Lipinski definition) is 6. The van der Waals surface area contributed by atoms with Gasteiger partial charge in [0, 0.05) is 51.5 Å². The molecule has 0 bridgehead atoms. The Hall–Kier alpha value is -3.59. The van der Waals surface area contributed by atoms with E-state index in [0.717, 1.165) is 17.1 Å². The largest absolute Gasteiger partial charge is 0.496 e. The summed E-state index contributed by atoms with van der Waals surface area (Å²) in [7, 11) is 3.36. The zero-order valence-corrected chi connectivity index (χ0v) is 19.5. The predicted octanol–water partition coefficient (Wildman–Crippen LogP) is 3.78. The zero-order valence-electron chi connectivity index (χ0n) is 18.7. The van der Waals surface area contributed by atoms with Crippen molar-refractivity contribution in [3.63, 3.8) is 0 Å². The van der Waals surface area contributed by atoms with Crippen LogP contribution < -0.4 is 15.0 Å². The van der Waals surface area contributed by atoms with E-state index >= 15 is 0 Å². The van der Waals surface area contributed by atoms with Crippen molar-refractivity contribution in [3.8, 4) is 5.75 Å². The van der Waals surface area contributed by atoms with Crippen molar-refractivity contribution in [2.45, 2.75) is 6.54 Å². The summed E-state index contributed by atoms with van der Waals surface area (Å²) in [5, 5.41) is 5.31. The molecule has 1 saturated heterocycles. The molecule has 3 amide bonds. The van der Waals surface area contributed by atoms with Gasteiger partial charge in [0.15, 0.2) is 0 Å². The second kappa shape index (κ2) is 10.4. The van der Waals surface area contributed by atoms with Gasteiger partial charge >= 0.3 is 6.03 Å². The van der Waals surface area contributed by atoms with Gasteiger partial charge in [-0.1, -0.05) is 24.3 Å². The van der Waals surface area contributed by atoms with Crippen molar-refractivity contribution < 1.29 is 14.3 Å². The fraction of sp³-hybridized carbons (Fsp3) is 0.292. The number of nitrogens with zero attached hydrogens (tertiary/aromatic N) is 4. The lowest BCUT2D eigenvalue weighted by atomic mass is 10.1. The Morgan fingerprint density at radius 1 is 1.09 bits per heavy atom. The van der Waals surface area contributed by atoms with Crippen LogP contribution in [0.15, 0.2) is 60.1 Å². The summed E-state index contributed by atoms with van der Waals surface area (Å²) in [4.78, 5) is 35.9. The van der Waals surface area contributed by atoms with E-state index in [4.69, 9.17) is 4.74 Å². The summed E-state index contributed by atoms with van der Waals surface area (Å²) < 4.78 is 5.39. The van der Waals surface area contributed by atoms with Gasteiger partial charge < -0.3 is 19.4 Å². The van der Waals surface area contributed by atoms with E-state index in [2.05, 4.69) is 15.2 Å². The summed E-state index contributed by atoms with van der Waals surface area (Å²) in [5.41, 5.74) is 1.40. The highest BCUT2D eigenvalue weighted by Gasteiger charge is 2.24. The number of urea groups is 1. The third kappa shape index (κ3) is 5.25. The van der Waals surface area contributed by atoms with Crippen LogP contribution in [0.1, 0.15) is 15.9 Å². The van der Waals surface area contributed by atoms with Crippen LogP contribution in [-0.2, 0) is 6.54 Å². The van der Waals surface area contributed by atoms with E-state index in [1.54, 1.807) is 36.2 Å². The number of benzene rings is 1. The molecule has 9 heteroatoms. The van der Waals surface area contributed by atoms with Gasteiger partial charge in [0.25, 0.3) is 5.91 Å². The average Bonchev–Trinajstić information content (AvgIpc) is 3.32. The van der Waals surface area contributed by atoms with Gasteiger partial charge in [-0.15, -0.1) is 11.3 Å². The monoisotopic (exact) mass is 465 g/mol. The number of hydrogen-bond donors (Lipinski definition) is 1. The number of aromatic nitrogens is 1. The molecule has 0 saturated carbocycles. The predicted molar refractivity (Wildman–Crippen MR) is 130 cm³/mol. The van der Waals surface area contributed by atoms with Crippen molar-refractivity contribution in [2.75, 3.05) is 50.6 Å². The topological polar surface area (TPSA) is 78.0 Å². The van der Waals surface area contributed by atoms with Crippen molar-refractivity contribution in [1.29, 1.82) is 0 Å². The number of pyridine rings is 1. The maximum Gasteiger partial charge on any atom is 0.322 e. The Bertz CT molecular complexity index is 1100. The maximum atomic E-state index is 13.1. The van der Waals surface area contributed by atoms with Gasteiger partial charge in [0.2, 0.25) is 0 Å². The number of thiophene rings is 1. The molecule has 172 valence electrons. The molecule has 4 rings (SSSR count). The third-order valence-corrected chi connectivity index (χ3v) is 6.43. The molecule has 1 aromatic carbocycles. The summed E-state index contributed by atoms with van der Waals surface area (Å²) in [6.45, 7) is 3.00. The molecule has 33 heavy (non-hydrogen) atoms. The van der Waals surface area contributed by atoms with Gasteiger partial charge in [0.1, 0.15) is 16.6 Å². The number of carbonyl (C=O) groups excluding carboxylic acids is 2. The Kier molecular flexibility index (Phi) is 7.09. The number of para-hydroxylation sites is 1. The highest BCUT2D eigenvalue weighted by molar-refractivity contribution is 7.14. The number of anilines is 2. The van der Waals surface area contributed by atoms with Gasteiger partial charge in [-0.05, 0) is 29.6 Å². The van der Waals surface area contributed by atoms with Crippen LogP contribution in [0.5, 0.6) is 5.75 Å². The molecule has 1 N–H and O–H groups in total. The number of amides is 3. The summed E-state index contributed by atoms with van der Waals surface area (Å²) in [6, 6.07) is 15.0. The van der Waals surface area contributed by atoms with Gasteiger partial charge in [0.05, 0.1) is 12.7 Å². The first-order valence-electron chi connectivity index (χ1n) is 10.7. The minimum absolute atomic E-state index is 0.155. The molecule has 0 aliphatic carbocycles. The Labute approximate surface area is 197 Å². The minimum Gasteiger partial charge on any atom is -0.496 e. The molecule has 0 atom stereocenters. The van der Waals surface area contributed by atoms with Crippen LogP contribution in [-0.4, -0.2) is 67.1 Å². The van der Waals surface area contributed by atoms with Gasteiger partial charge in [-0.2, -0.15) is 0 Å². The number of methoxy groups -OCH3 is 1. The molecule has 1 aliphatic heterocycles. The van der Waals surface area contributed by atoms with E-state index in [1.165, 1.54) is 11.3 Å². The van der Waals surface area contributed by atoms with Crippen LogP contribution >= 0.6 is 11.3 Å². The highest BCUT2D eigenvalue weighted by Crippen LogP contribution is 2.27. The maximum absolute atomic E-state index is 13.1. The third-order valence-electron chi connectivity index (χ3n) is 5.60. The number of ether oxygens (including phenoxy) is 1. The standard InChI is InChI=1S/C24H27N5O3S/c1-27(17-18-7-3-4-8-20(18)32-2)23(30)19-10-16-33-22(19)26-24(31)29-14-12-28(13-15-29)21-9-5-6-11-25-21/h3-11,16H,12-15,17H2,1-2H3,(H,26,31). The zero-order chi connectivity index (χ0) is 23.2. The van der Waals surface area contributed by atoms with Crippen LogP contribution in [0, 0.1) is 0 Å². The smallest absolute Gasteiger partial charge is 0.322 e. The first-order chi connectivity index (χ1) is 16.1. The van der Waals surface area contributed by atoms with Crippen molar-refractivity contribution in [3.05, 3.63) is 71.2 Å². The minimum atomic E-state index is -0.195. The molecule has 1 fully saturated rings. The molecular formula is C24H27N5O3S. The van der Waals surface area contributed by atoms with Crippen LogP contribution in [0.3, 0.4) is 0 Å². The SMILES string of the molecule is COc1ccccc1CN(C)C(=O)c1ccsc1NC(=O)N1CCN(c2ccccn2)CC1. The van der Waals surface area contributed by atoms with E-state index in [0.29, 0.717) is 43.3 Å². The molecule has 8 nitrogen and oxygen atoms in total. The lowest BCUT2D eigenvalue weighted by Crippen LogP contribution is -2.50. The highest BCUT2D eigenvalue weighted by atomic mass is 32.1. The number of carbonyl (C=O) groups is 2. The first kappa shape index (κ1) is 22.6. The van der Waals surface area contributed by atoms with Crippen molar-refractivity contribution in [1.82, 2.24) is 14.8 Å². The van der Waals surface area contributed by atoms with E-state index in [9.17, 15) is 9.59 Å². The molecule has 1 aliphatic rings. The molecule has 2 aromatic heterocycles. The fourth-order valence-electron chi connectivity index (χ4n) is 3.80. The second-order valence-electron chi connectivity index (χ2n) is 7.73. The van der Waals surface area contributed by atoms with E-state index < -0.39 is 0 Å². The fourth-order valence-corrected chi connectivity index (χ4v) is 4.57. The lowest BCUT2D eigenvalue weighted by Gasteiger charge is -2.35. The van der Waals surface area contributed by atoms with Crippen molar-refractivity contribution >= 4 is 34.1 Å². The first-order valence-corrected chi connectivity index (χ1v) is 11.6. The van der Waals surface area contributed by atoms with Crippen LogP contribution in [0.2, 0.25) is 0 Å². The molecule has 3 heterocycles. The molecule has 0 radical (unpaired) electrons. The molecular weight excluding hydrogens is 438 g/mol. The summed E-state index contributed by atoms with van der Waals surface area (Å²) >= 11 is 1.35.